The van der Waals surface area contributed by atoms with Crippen LogP contribution in [-0.4, -0.2) is 30.7 Å². The molecule has 0 heterocycles. The van der Waals surface area contributed by atoms with E-state index in [1.807, 2.05) is 0 Å². The van der Waals surface area contributed by atoms with Gasteiger partial charge in [-0.1, -0.05) is 6.07 Å². The van der Waals surface area contributed by atoms with Crippen LogP contribution in [-0.2, 0) is 9.53 Å². The molecule has 0 saturated heterocycles. The second kappa shape index (κ2) is 5.27. The van der Waals surface area contributed by atoms with Crippen LogP contribution in [0.5, 0.6) is 0 Å². The number of anilines is 1. The summed E-state index contributed by atoms with van der Waals surface area (Å²) in [6.45, 7) is 1.73. The minimum absolute atomic E-state index is 0.0588. The van der Waals surface area contributed by atoms with Gasteiger partial charge in [0, 0.05) is 12.8 Å². The summed E-state index contributed by atoms with van der Waals surface area (Å²) >= 11 is 0. The molecule has 0 atom stereocenters. The van der Waals surface area contributed by atoms with Crippen molar-refractivity contribution in [2.24, 2.45) is 0 Å². The molecule has 0 bridgehead atoms. The van der Waals surface area contributed by atoms with E-state index < -0.39 is 5.97 Å². The number of rotatable bonds is 4. The van der Waals surface area contributed by atoms with Gasteiger partial charge in [-0.25, -0.2) is 4.79 Å². The molecule has 2 N–H and O–H groups in total. The van der Waals surface area contributed by atoms with Crippen molar-refractivity contribution in [1.82, 2.24) is 0 Å². The van der Waals surface area contributed by atoms with Crippen molar-refractivity contribution in [3.05, 3.63) is 29.3 Å². The Balaban J connectivity index is 2.90. The Hall–Kier alpha value is -1.88. The Morgan fingerprint density at radius 3 is 2.69 bits per heavy atom. The van der Waals surface area contributed by atoms with Crippen molar-refractivity contribution in [2.45, 2.75) is 6.92 Å². The van der Waals surface area contributed by atoms with Gasteiger partial charge in [0.2, 0.25) is 5.91 Å². The number of ether oxygens (including phenoxy) is 1. The SMILES string of the molecule is COCC(=O)Nc1cc(C(=O)O)ccc1C. The Bertz CT molecular complexity index is 414. The average molecular weight is 223 g/mol. The Labute approximate surface area is 93.0 Å². The molecule has 5 heteroatoms. The van der Waals surface area contributed by atoms with Gasteiger partial charge in [0.15, 0.2) is 0 Å². The van der Waals surface area contributed by atoms with Gasteiger partial charge in [0.1, 0.15) is 6.61 Å². The highest BCUT2D eigenvalue weighted by atomic mass is 16.5. The molecule has 86 valence electrons. The Morgan fingerprint density at radius 2 is 2.12 bits per heavy atom. The van der Waals surface area contributed by atoms with Crippen molar-refractivity contribution in [3.63, 3.8) is 0 Å². The third kappa shape index (κ3) is 3.06. The number of carboxylic acid groups (broad SMARTS) is 1. The van der Waals surface area contributed by atoms with Crippen molar-refractivity contribution in [3.8, 4) is 0 Å². The van der Waals surface area contributed by atoms with Gasteiger partial charge >= 0.3 is 5.97 Å². The number of amides is 1. The van der Waals surface area contributed by atoms with Crippen LogP contribution in [0.15, 0.2) is 18.2 Å². The fourth-order valence-corrected chi connectivity index (χ4v) is 1.21. The van der Waals surface area contributed by atoms with E-state index in [0.29, 0.717) is 5.69 Å². The predicted molar refractivity (Wildman–Crippen MR) is 58.6 cm³/mol. The number of hydrogen-bond donors (Lipinski definition) is 2. The van der Waals surface area contributed by atoms with Gasteiger partial charge in [-0.2, -0.15) is 0 Å². The lowest BCUT2D eigenvalue weighted by Gasteiger charge is -2.08. The summed E-state index contributed by atoms with van der Waals surface area (Å²) in [4.78, 5) is 22.0. The molecule has 16 heavy (non-hydrogen) atoms. The van der Waals surface area contributed by atoms with Gasteiger partial charge in [-0.3, -0.25) is 4.79 Å². The summed E-state index contributed by atoms with van der Waals surface area (Å²) in [6, 6.07) is 4.56. The zero-order valence-electron chi connectivity index (χ0n) is 9.11. The molecule has 0 aromatic heterocycles. The number of carbonyl (C=O) groups excluding carboxylic acids is 1. The lowest BCUT2D eigenvalue weighted by Crippen LogP contribution is -2.18. The van der Waals surface area contributed by atoms with Crippen LogP contribution in [0.2, 0.25) is 0 Å². The summed E-state index contributed by atoms with van der Waals surface area (Å²) in [5.74, 6) is -1.34. The maximum absolute atomic E-state index is 11.3. The van der Waals surface area contributed by atoms with Gasteiger partial charge in [0.05, 0.1) is 5.56 Å². The number of nitrogens with one attached hydrogen (secondary N) is 1. The summed E-state index contributed by atoms with van der Waals surface area (Å²) in [7, 11) is 1.42. The van der Waals surface area contributed by atoms with E-state index in [4.69, 9.17) is 5.11 Å². The van der Waals surface area contributed by atoms with Gasteiger partial charge in [0.25, 0.3) is 0 Å². The molecule has 0 radical (unpaired) electrons. The highest BCUT2D eigenvalue weighted by Crippen LogP contribution is 2.16. The second-order valence-electron chi connectivity index (χ2n) is 3.32. The van der Waals surface area contributed by atoms with Gasteiger partial charge in [-0.05, 0) is 24.6 Å². The second-order valence-corrected chi connectivity index (χ2v) is 3.32. The molecular weight excluding hydrogens is 210 g/mol. The van der Waals surface area contributed by atoms with E-state index in [9.17, 15) is 9.59 Å². The van der Waals surface area contributed by atoms with Crippen LogP contribution < -0.4 is 5.32 Å². The molecular formula is C11H13NO4. The lowest BCUT2D eigenvalue weighted by atomic mass is 10.1. The number of hydrogen-bond acceptors (Lipinski definition) is 3. The Morgan fingerprint density at radius 1 is 1.44 bits per heavy atom. The van der Waals surface area contributed by atoms with E-state index in [-0.39, 0.29) is 18.1 Å². The molecule has 0 spiro atoms. The minimum atomic E-state index is -1.03. The number of carboxylic acids is 1. The molecule has 0 aliphatic carbocycles. The summed E-state index contributed by atoms with van der Waals surface area (Å²) in [5, 5.41) is 11.4. The first-order valence-electron chi connectivity index (χ1n) is 4.67. The number of aryl methyl sites for hydroxylation is 1. The largest absolute Gasteiger partial charge is 0.478 e. The van der Waals surface area contributed by atoms with Crippen LogP contribution in [0.4, 0.5) is 5.69 Å². The molecule has 0 unspecified atom stereocenters. The number of benzene rings is 1. The lowest BCUT2D eigenvalue weighted by molar-refractivity contribution is -0.119. The molecule has 1 rings (SSSR count). The monoisotopic (exact) mass is 223 g/mol. The van der Waals surface area contributed by atoms with Crippen molar-refractivity contribution < 1.29 is 19.4 Å². The zero-order valence-corrected chi connectivity index (χ0v) is 9.11. The number of carbonyl (C=O) groups is 2. The predicted octanol–water partition coefficient (Wildman–Crippen LogP) is 1.28. The maximum atomic E-state index is 11.3. The van der Waals surface area contributed by atoms with Gasteiger partial charge in [-0.15, -0.1) is 0 Å². The molecule has 1 amide bonds. The standard InChI is InChI=1S/C11H13NO4/c1-7-3-4-8(11(14)15)5-9(7)12-10(13)6-16-2/h3-5H,6H2,1-2H3,(H,12,13)(H,14,15). The molecule has 0 aliphatic rings. The molecule has 5 nitrogen and oxygen atoms in total. The first-order chi connectivity index (χ1) is 7.54. The van der Waals surface area contributed by atoms with Crippen LogP contribution in [0.25, 0.3) is 0 Å². The van der Waals surface area contributed by atoms with E-state index >= 15 is 0 Å². The number of aromatic carboxylic acids is 1. The third-order valence-electron chi connectivity index (χ3n) is 2.03. The van der Waals surface area contributed by atoms with Crippen LogP contribution in [0, 0.1) is 6.92 Å². The number of methoxy groups -OCH3 is 1. The van der Waals surface area contributed by atoms with Crippen molar-refractivity contribution in [2.75, 3.05) is 19.0 Å². The molecule has 0 fully saturated rings. The topological polar surface area (TPSA) is 75.6 Å². The summed E-state index contributed by atoms with van der Waals surface area (Å²) < 4.78 is 4.67. The zero-order chi connectivity index (χ0) is 12.1. The van der Waals surface area contributed by atoms with Crippen molar-refractivity contribution >= 4 is 17.6 Å². The van der Waals surface area contributed by atoms with Gasteiger partial charge < -0.3 is 15.2 Å². The van der Waals surface area contributed by atoms with E-state index in [1.165, 1.54) is 19.2 Å². The molecule has 1 aromatic carbocycles. The first kappa shape index (κ1) is 12.2. The van der Waals surface area contributed by atoms with Crippen LogP contribution in [0.1, 0.15) is 15.9 Å². The van der Waals surface area contributed by atoms with Crippen LogP contribution >= 0.6 is 0 Å². The summed E-state index contributed by atoms with van der Waals surface area (Å²) in [6.07, 6.45) is 0. The average Bonchev–Trinajstić information content (AvgIpc) is 2.21. The Kier molecular flexibility index (Phi) is 4.02. The molecule has 0 aliphatic heterocycles. The fourth-order valence-electron chi connectivity index (χ4n) is 1.21. The summed E-state index contributed by atoms with van der Waals surface area (Å²) in [5.41, 5.74) is 1.43. The van der Waals surface area contributed by atoms with E-state index in [0.717, 1.165) is 5.56 Å². The highest BCUT2D eigenvalue weighted by Gasteiger charge is 2.08. The molecule has 0 saturated carbocycles. The van der Waals surface area contributed by atoms with E-state index in [2.05, 4.69) is 10.1 Å². The highest BCUT2D eigenvalue weighted by molar-refractivity contribution is 5.95. The van der Waals surface area contributed by atoms with E-state index in [1.54, 1.807) is 13.0 Å². The fraction of sp³-hybridized carbons (Fsp3) is 0.273. The normalized spacial score (nSPS) is 9.88. The smallest absolute Gasteiger partial charge is 0.335 e. The van der Waals surface area contributed by atoms with Crippen LogP contribution in [0.3, 0.4) is 0 Å². The quantitative estimate of drug-likeness (QED) is 0.806. The third-order valence-corrected chi connectivity index (χ3v) is 2.03. The first-order valence-corrected chi connectivity index (χ1v) is 4.67. The minimum Gasteiger partial charge on any atom is -0.478 e. The van der Waals surface area contributed by atoms with Crippen molar-refractivity contribution in [1.29, 1.82) is 0 Å². The maximum Gasteiger partial charge on any atom is 0.335 e. The molecule has 1 aromatic rings.